The van der Waals surface area contributed by atoms with E-state index in [1.807, 2.05) is 0 Å². The number of carbonyl (C=O) groups is 1. The molecule has 0 saturated heterocycles. The summed E-state index contributed by atoms with van der Waals surface area (Å²) in [6.45, 7) is 0. The van der Waals surface area contributed by atoms with Gasteiger partial charge in [0, 0.05) is 12.0 Å². The lowest BCUT2D eigenvalue weighted by Gasteiger charge is -2.08. The summed E-state index contributed by atoms with van der Waals surface area (Å²) < 4.78 is 37.3. The largest absolute Gasteiger partial charge is 0.416 e. The summed E-state index contributed by atoms with van der Waals surface area (Å²) in [6, 6.07) is 8.97. The molecule has 0 heterocycles. The Bertz CT molecular complexity index is 664. The van der Waals surface area contributed by atoms with E-state index in [-0.39, 0.29) is 22.8 Å². The zero-order valence-corrected chi connectivity index (χ0v) is 12.1. The minimum atomic E-state index is -4.42. The molecule has 0 aliphatic heterocycles. The van der Waals surface area contributed by atoms with Crippen LogP contribution >= 0.6 is 23.2 Å². The maximum atomic E-state index is 12.4. The number of benzene rings is 2. The molecule has 21 heavy (non-hydrogen) atoms. The van der Waals surface area contributed by atoms with E-state index in [0.717, 1.165) is 24.3 Å². The minimum Gasteiger partial charge on any atom is -0.294 e. The van der Waals surface area contributed by atoms with Gasteiger partial charge in [0.15, 0.2) is 5.78 Å². The normalized spacial score (nSPS) is 11.5. The van der Waals surface area contributed by atoms with Crippen LogP contribution in [0.3, 0.4) is 0 Å². The first kappa shape index (κ1) is 15.9. The Morgan fingerprint density at radius 1 is 1.00 bits per heavy atom. The fraction of sp³-hybridized carbons (Fsp3) is 0.133. The highest BCUT2D eigenvalue weighted by Crippen LogP contribution is 2.30. The first-order valence-electron chi connectivity index (χ1n) is 5.92. The van der Waals surface area contributed by atoms with E-state index in [0.29, 0.717) is 10.6 Å². The number of carbonyl (C=O) groups excluding carboxylic acids is 1. The molecule has 0 amide bonds. The fourth-order valence-corrected chi connectivity index (χ4v) is 2.19. The van der Waals surface area contributed by atoms with E-state index in [9.17, 15) is 18.0 Å². The van der Waals surface area contributed by atoms with Gasteiger partial charge in [0.2, 0.25) is 0 Å². The highest BCUT2D eigenvalue weighted by Gasteiger charge is 2.30. The summed E-state index contributed by atoms with van der Waals surface area (Å²) in [5, 5.41) is 0.605. The monoisotopic (exact) mass is 332 g/mol. The molecular weight excluding hydrogens is 324 g/mol. The molecule has 0 fully saturated rings. The smallest absolute Gasteiger partial charge is 0.294 e. The molecule has 2 aromatic carbocycles. The van der Waals surface area contributed by atoms with Crippen molar-refractivity contribution in [3.63, 3.8) is 0 Å². The molecule has 2 rings (SSSR count). The maximum Gasteiger partial charge on any atom is 0.416 e. The van der Waals surface area contributed by atoms with E-state index in [1.165, 1.54) is 0 Å². The maximum absolute atomic E-state index is 12.4. The van der Waals surface area contributed by atoms with Gasteiger partial charge < -0.3 is 0 Å². The molecule has 0 aliphatic rings. The van der Waals surface area contributed by atoms with Crippen LogP contribution < -0.4 is 0 Å². The first-order chi connectivity index (χ1) is 9.79. The van der Waals surface area contributed by atoms with Crippen LogP contribution in [0.4, 0.5) is 13.2 Å². The van der Waals surface area contributed by atoms with E-state index >= 15 is 0 Å². The number of rotatable bonds is 3. The Balaban J connectivity index is 2.19. The lowest BCUT2D eigenvalue weighted by Crippen LogP contribution is -2.07. The minimum absolute atomic E-state index is 0.0231. The third kappa shape index (κ3) is 3.77. The molecular formula is C15H9Cl2F3O. The molecule has 0 aliphatic carbocycles. The van der Waals surface area contributed by atoms with E-state index in [1.54, 1.807) is 18.2 Å². The van der Waals surface area contributed by atoms with Gasteiger partial charge in [0.25, 0.3) is 0 Å². The first-order valence-corrected chi connectivity index (χ1v) is 6.68. The Morgan fingerprint density at radius 3 is 2.19 bits per heavy atom. The summed E-state index contributed by atoms with van der Waals surface area (Å²) in [5.74, 6) is -0.326. The van der Waals surface area contributed by atoms with Crippen LogP contribution in [-0.2, 0) is 12.6 Å². The lowest BCUT2D eigenvalue weighted by atomic mass is 10.0. The van der Waals surface area contributed by atoms with Crippen LogP contribution in [0, 0.1) is 0 Å². The van der Waals surface area contributed by atoms with Crippen molar-refractivity contribution in [2.75, 3.05) is 0 Å². The third-order valence-corrected chi connectivity index (χ3v) is 3.77. The van der Waals surface area contributed by atoms with Crippen LogP contribution in [0.15, 0.2) is 42.5 Å². The van der Waals surface area contributed by atoms with Crippen molar-refractivity contribution in [1.29, 1.82) is 0 Å². The Labute approximate surface area is 129 Å². The van der Waals surface area contributed by atoms with Crippen molar-refractivity contribution in [1.82, 2.24) is 0 Å². The number of halogens is 5. The quantitative estimate of drug-likeness (QED) is 0.684. The van der Waals surface area contributed by atoms with E-state index < -0.39 is 11.7 Å². The molecule has 0 aromatic heterocycles. The van der Waals surface area contributed by atoms with Gasteiger partial charge in [-0.3, -0.25) is 4.79 Å². The third-order valence-electron chi connectivity index (χ3n) is 2.92. The van der Waals surface area contributed by atoms with Gasteiger partial charge in [-0.25, -0.2) is 0 Å². The van der Waals surface area contributed by atoms with Crippen molar-refractivity contribution < 1.29 is 18.0 Å². The molecule has 0 bridgehead atoms. The summed E-state index contributed by atoms with van der Waals surface area (Å²) in [6.07, 6.45) is -4.44. The fourth-order valence-electron chi connectivity index (χ4n) is 1.81. The average Bonchev–Trinajstić information content (AvgIpc) is 2.43. The topological polar surface area (TPSA) is 17.1 Å². The Morgan fingerprint density at radius 2 is 1.62 bits per heavy atom. The van der Waals surface area contributed by atoms with Crippen LogP contribution in [-0.4, -0.2) is 5.78 Å². The number of alkyl halides is 3. The van der Waals surface area contributed by atoms with Gasteiger partial charge in [0.1, 0.15) is 0 Å². The SMILES string of the molecule is O=C(Cc1cccc(Cl)c1Cl)c1ccc(C(F)(F)F)cc1. The predicted molar refractivity (Wildman–Crippen MR) is 75.9 cm³/mol. The van der Waals surface area contributed by atoms with Gasteiger partial charge in [-0.1, -0.05) is 47.5 Å². The highest BCUT2D eigenvalue weighted by molar-refractivity contribution is 6.42. The van der Waals surface area contributed by atoms with Crippen LogP contribution in [0.2, 0.25) is 10.0 Å². The predicted octanol–water partition coefficient (Wildman–Crippen LogP) is 5.44. The molecule has 0 unspecified atom stereocenters. The molecule has 1 nitrogen and oxygen atoms in total. The molecule has 0 spiro atoms. The number of ketones is 1. The molecule has 0 atom stereocenters. The second kappa shape index (κ2) is 6.08. The second-order valence-electron chi connectivity index (χ2n) is 4.39. The Kier molecular flexibility index (Phi) is 4.59. The summed E-state index contributed by atoms with van der Waals surface area (Å²) >= 11 is 11.8. The second-order valence-corrected chi connectivity index (χ2v) is 5.17. The number of hydrogen-bond acceptors (Lipinski definition) is 1. The molecule has 0 N–H and O–H groups in total. The van der Waals surface area contributed by atoms with Crippen molar-refractivity contribution in [3.05, 3.63) is 69.2 Å². The van der Waals surface area contributed by atoms with Gasteiger partial charge in [-0.15, -0.1) is 0 Å². The molecule has 0 radical (unpaired) electrons. The standard InChI is InChI=1S/C15H9Cl2F3O/c16-12-3-1-2-10(14(12)17)8-13(21)9-4-6-11(7-5-9)15(18,19)20/h1-7H,8H2. The zero-order valence-electron chi connectivity index (χ0n) is 10.5. The molecule has 6 heteroatoms. The van der Waals surface area contributed by atoms with E-state index in [4.69, 9.17) is 23.2 Å². The van der Waals surface area contributed by atoms with E-state index in [2.05, 4.69) is 0 Å². The van der Waals surface area contributed by atoms with Gasteiger partial charge in [-0.2, -0.15) is 13.2 Å². The van der Waals surface area contributed by atoms with Crippen LogP contribution in [0.5, 0.6) is 0 Å². The van der Waals surface area contributed by atoms with Crippen LogP contribution in [0.1, 0.15) is 21.5 Å². The number of hydrogen-bond donors (Lipinski definition) is 0. The summed E-state index contributed by atoms with van der Waals surface area (Å²) in [5.41, 5.74) is -0.0621. The zero-order chi connectivity index (χ0) is 15.6. The summed E-state index contributed by atoms with van der Waals surface area (Å²) in [4.78, 5) is 12.1. The lowest BCUT2D eigenvalue weighted by molar-refractivity contribution is -0.137. The van der Waals surface area contributed by atoms with Crippen molar-refractivity contribution in [2.24, 2.45) is 0 Å². The van der Waals surface area contributed by atoms with Gasteiger partial charge >= 0.3 is 6.18 Å². The van der Waals surface area contributed by atoms with Crippen molar-refractivity contribution in [3.8, 4) is 0 Å². The van der Waals surface area contributed by atoms with Gasteiger partial charge in [0.05, 0.1) is 15.6 Å². The summed E-state index contributed by atoms with van der Waals surface area (Å²) in [7, 11) is 0. The van der Waals surface area contributed by atoms with Crippen molar-refractivity contribution >= 4 is 29.0 Å². The Hall–Kier alpha value is -1.52. The van der Waals surface area contributed by atoms with Gasteiger partial charge in [-0.05, 0) is 23.8 Å². The van der Waals surface area contributed by atoms with Crippen LogP contribution in [0.25, 0.3) is 0 Å². The molecule has 2 aromatic rings. The molecule has 0 saturated carbocycles. The van der Waals surface area contributed by atoms with Crippen molar-refractivity contribution in [2.45, 2.75) is 12.6 Å². The highest BCUT2D eigenvalue weighted by atomic mass is 35.5. The average molecular weight is 333 g/mol. The number of Topliss-reactive ketones (excluding diaryl/α,β-unsaturated/α-hetero) is 1. The molecule has 110 valence electrons.